The van der Waals surface area contributed by atoms with E-state index in [1.807, 2.05) is 27.1 Å². The van der Waals surface area contributed by atoms with Crippen molar-refractivity contribution in [1.29, 1.82) is 0 Å². The maximum atomic E-state index is 12.1. The van der Waals surface area contributed by atoms with Gasteiger partial charge in [-0.05, 0) is 56.8 Å². The summed E-state index contributed by atoms with van der Waals surface area (Å²) in [5.41, 5.74) is 2.56. The summed E-state index contributed by atoms with van der Waals surface area (Å²) >= 11 is 0. The number of hydrogen-bond acceptors (Lipinski definition) is 3. The van der Waals surface area contributed by atoms with Crippen molar-refractivity contribution in [3.8, 4) is 0 Å². The van der Waals surface area contributed by atoms with E-state index in [0.717, 1.165) is 50.3 Å². The molecule has 1 spiro atoms. The molecule has 1 aliphatic carbocycles. The Morgan fingerprint density at radius 1 is 1.38 bits per heavy atom. The Kier molecular flexibility index (Phi) is 3.74. The molecule has 1 saturated carbocycles. The van der Waals surface area contributed by atoms with Crippen molar-refractivity contribution in [1.82, 2.24) is 14.8 Å². The van der Waals surface area contributed by atoms with Gasteiger partial charge >= 0.3 is 0 Å². The number of carbonyl (C=O) groups is 1. The molecule has 1 atom stereocenters. The van der Waals surface area contributed by atoms with Crippen LogP contribution in [0, 0.1) is 18.3 Å². The first kappa shape index (κ1) is 14.5. The maximum absolute atomic E-state index is 12.1. The van der Waals surface area contributed by atoms with Crippen LogP contribution in [0.1, 0.15) is 30.7 Å². The van der Waals surface area contributed by atoms with Crippen molar-refractivity contribution in [2.24, 2.45) is 11.3 Å². The van der Waals surface area contributed by atoms with Gasteiger partial charge in [-0.25, -0.2) is 0 Å². The van der Waals surface area contributed by atoms with Crippen LogP contribution < -0.4 is 0 Å². The van der Waals surface area contributed by atoms with Crippen LogP contribution in [0.5, 0.6) is 0 Å². The molecule has 1 unspecified atom stereocenters. The normalized spacial score (nSPS) is 24.0. The summed E-state index contributed by atoms with van der Waals surface area (Å²) in [7, 11) is 3.74. The standard InChI is InChI=1S/C17H25N3O/c1-13-5-4-6-14(18-13)12-20-9-7-17(8-10-20)11-15(17)16(21)19(2)3/h4-6,15H,7-12H2,1-3H3. The first-order chi connectivity index (χ1) is 10.00. The molecule has 114 valence electrons. The van der Waals surface area contributed by atoms with Crippen LogP contribution in [0.25, 0.3) is 0 Å². The molecule has 1 aromatic rings. The third-order valence-corrected chi connectivity index (χ3v) is 5.11. The van der Waals surface area contributed by atoms with Crippen LogP contribution in [0.4, 0.5) is 0 Å². The van der Waals surface area contributed by atoms with Gasteiger partial charge in [-0.1, -0.05) is 6.07 Å². The summed E-state index contributed by atoms with van der Waals surface area (Å²) in [6.07, 6.45) is 3.41. The highest BCUT2D eigenvalue weighted by Crippen LogP contribution is 2.59. The van der Waals surface area contributed by atoms with Crippen LogP contribution in [0.15, 0.2) is 18.2 Å². The lowest BCUT2D eigenvalue weighted by atomic mass is 9.90. The molecule has 1 saturated heterocycles. The monoisotopic (exact) mass is 287 g/mol. The predicted molar refractivity (Wildman–Crippen MR) is 82.7 cm³/mol. The molecule has 1 amide bonds. The summed E-state index contributed by atoms with van der Waals surface area (Å²) in [5.74, 6) is 0.607. The van der Waals surface area contributed by atoms with E-state index in [2.05, 4.69) is 22.0 Å². The van der Waals surface area contributed by atoms with Crippen molar-refractivity contribution in [2.45, 2.75) is 32.7 Å². The van der Waals surface area contributed by atoms with E-state index in [0.29, 0.717) is 11.3 Å². The summed E-state index contributed by atoms with van der Waals surface area (Å²) < 4.78 is 0. The van der Waals surface area contributed by atoms with Gasteiger partial charge in [-0.3, -0.25) is 14.7 Å². The zero-order chi connectivity index (χ0) is 15.0. The number of piperidine rings is 1. The number of likely N-dealkylation sites (tertiary alicyclic amines) is 1. The zero-order valence-corrected chi connectivity index (χ0v) is 13.3. The second-order valence-electron chi connectivity index (χ2n) is 6.90. The Morgan fingerprint density at radius 2 is 2.10 bits per heavy atom. The Balaban J connectivity index is 1.54. The average Bonchev–Trinajstić information content (AvgIpc) is 3.15. The first-order valence-electron chi connectivity index (χ1n) is 7.86. The van der Waals surface area contributed by atoms with Crippen molar-refractivity contribution in [2.75, 3.05) is 27.2 Å². The van der Waals surface area contributed by atoms with Crippen molar-refractivity contribution in [3.05, 3.63) is 29.6 Å². The molecular weight excluding hydrogens is 262 g/mol. The van der Waals surface area contributed by atoms with E-state index in [4.69, 9.17) is 0 Å². The highest BCUT2D eigenvalue weighted by Gasteiger charge is 2.58. The van der Waals surface area contributed by atoms with Crippen LogP contribution in [-0.4, -0.2) is 47.9 Å². The summed E-state index contributed by atoms with van der Waals surface area (Å²) in [5, 5.41) is 0. The van der Waals surface area contributed by atoms with Crippen molar-refractivity contribution >= 4 is 5.91 Å². The van der Waals surface area contributed by atoms with Gasteiger partial charge in [0.2, 0.25) is 5.91 Å². The lowest BCUT2D eigenvalue weighted by Crippen LogP contribution is -2.36. The molecule has 2 heterocycles. The van der Waals surface area contributed by atoms with Gasteiger partial charge in [0.25, 0.3) is 0 Å². The van der Waals surface area contributed by atoms with Gasteiger partial charge in [-0.2, -0.15) is 0 Å². The zero-order valence-electron chi connectivity index (χ0n) is 13.3. The molecule has 1 aromatic heterocycles. The number of aryl methyl sites for hydroxylation is 1. The number of aromatic nitrogens is 1. The average molecular weight is 287 g/mol. The van der Waals surface area contributed by atoms with Crippen molar-refractivity contribution < 1.29 is 4.79 Å². The van der Waals surface area contributed by atoms with E-state index in [1.165, 1.54) is 0 Å². The van der Waals surface area contributed by atoms with Gasteiger partial charge in [-0.15, -0.1) is 0 Å². The van der Waals surface area contributed by atoms with E-state index in [9.17, 15) is 4.79 Å². The molecule has 1 aliphatic heterocycles. The number of nitrogens with zero attached hydrogens (tertiary/aromatic N) is 3. The van der Waals surface area contributed by atoms with Crippen LogP contribution in [-0.2, 0) is 11.3 Å². The maximum Gasteiger partial charge on any atom is 0.225 e. The molecule has 2 aliphatic rings. The van der Waals surface area contributed by atoms with Crippen LogP contribution >= 0.6 is 0 Å². The topological polar surface area (TPSA) is 36.4 Å². The summed E-state index contributed by atoms with van der Waals surface area (Å²) in [4.78, 5) is 20.9. The van der Waals surface area contributed by atoms with Crippen molar-refractivity contribution in [3.63, 3.8) is 0 Å². The summed E-state index contributed by atoms with van der Waals surface area (Å²) in [6.45, 7) is 5.15. The Labute approximate surface area is 127 Å². The minimum absolute atomic E-state index is 0.284. The third kappa shape index (κ3) is 2.95. The van der Waals surface area contributed by atoms with E-state index in [-0.39, 0.29) is 5.92 Å². The van der Waals surface area contributed by atoms with E-state index < -0.39 is 0 Å². The van der Waals surface area contributed by atoms with Gasteiger partial charge in [0.05, 0.1) is 5.69 Å². The fourth-order valence-corrected chi connectivity index (χ4v) is 3.63. The number of amides is 1. The quantitative estimate of drug-likeness (QED) is 0.854. The first-order valence-corrected chi connectivity index (χ1v) is 7.86. The molecule has 0 N–H and O–H groups in total. The van der Waals surface area contributed by atoms with Gasteiger partial charge < -0.3 is 4.90 Å². The third-order valence-electron chi connectivity index (χ3n) is 5.11. The van der Waals surface area contributed by atoms with E-state index >= 15 is 0 Å². The lowest BCUT2D eigenvalue weighted by Gasteiger charge is -2.32. The highest BCUT2D eigenvalue weighted by atomic mass is 16.2. The molecule has 0 aromatic carbocycles. The largest absolute Gasteiger partial charge is 0.349 e. The molecular formula is C17H25N3O. The number of pyridine rings is 1. The molecule has 3 rings (SSSR count). The SMILES string of the molecule is Cc1cccc(CN2CCC3(CC2)CC3C(=O)N(C)C)n1. The second-order valence-corrected chi connectivity index (χ2v) is 6.90. The summed E-state index contributed by atoms with van der Waals surface area (Å²) in [6, 6.07) is 6.22. The minimum Gasteiger partial charge on any atom is -0.349 e. The fourth-order valence-electron chi connectivity index (χ4n) is 3.63. The van der Waals surface area contributed by atoms with E-state index in [1.54, 1.807) is 4.90 Å². The van der Waals surface area contributed by atoms with Gasteiger partial charge in [0.15, 0.2) is 0 Å². The molecule has 4 nitrogen and oxygen atoms in total. The Hall–Kier alpha value is -1.42. The molecule has 0 bridgehead atoms. The van der Waals surface area contributed by atoms with Gasteiger partial charge in [0, 0.05) is 32.3 Å². The Bertz CT molecular complexity index is 533. The highest BCUT2D eigenvalue weighted by molar-refractivity contribution is 5.82. The lowest BCUT2D eigenvalue weighted by molar-refractivity contribution is -0.131. The second kappa shape index (κ2) is 5.41. The predicted octanol–water partition coefficient (Wildman–Crippen LogP) is 2.08. The van der Waals surface area contributed by atoms with Crippen LogP contribution in [0.2, 0.25) is 0 Å². The Morgan fingerprint density at radius 3 is 2.71 bits per heavy atom. The number of carbonyl (C=O) groups excluding carboxylic acids is 1. The number of hydrogen-bond donors (Lipinski definition) is 0. The van der Waals surface area contributed by atoms with Gasteiger partial charge in [0.1, 0.15) is 0 Å². The molecule has 0 radical (unpaired) electrons. The number of rotatable bonds is 3. The van der Waals surface area contributed by atoms with Crippen LogP contribution in [0.3, 0.4) is 0 Å². The minimum atomic E-state index is 0.284. The molecule has 2 fully saturated rings. The molecule has 4 heteroatoms. The molecule has 21 heavy (non-hydrogen) atoms. The fraction of sp³-hybridized carbons (Fsp3) is 0.647. The smallest absolute Gasteiger partial charge is 0.225 e.